The van der Waals surface area contributed by atoms with E-state index in [2.05, 4.69) is 0 Å². The van der Waals surface area contributed by atoms with Gasteiger partial charge in [0.2, 0.25) is 0 Å². The van der Waals surface area contributed by atoms with Gasteiger partial charge >= 0.3 is 0 Å². The van der Waals surface area contributed by atoms with E-state index < -0.39 is 0 Å². The molecule has 2 atom stereocenters. The van der Waals surface area contributed by atoms with Gasteiger partial charge in [0.25, 0.3) is 0 Å². The second-order valence-electron chi connectivity index (χ2n) is 2.84. The van der Waals surface area contributed by atoms with Crippen LogP contribution in [0.2, 0.25) is 0 Å². The topological polar surface area (TPSA) is 44.5 Å². The molecule has 0 aromatic rings. The average Bonchev–Trinajstić information content (AvgIpc) is 2.67. The first-order chi connectivity index (χ1) is 5.29. The maximum atomic E-state index is 5.67. The minimum atomic E-state index is -0.0556. The lowest BCUT2D eigenvalue weighted by Crippen LogP contribution is -2.23. The van der Waals surface area contributed by atoms with E-state index in [4.69, 9.17) is 15.2 Å². The summed E-state index contributed by atoms with van der Waals surface area (Å²) in [6.45, 7) is 5.35. The Morgan fingerprint density at radius 3 is 2.09 bits per heavy atom. The van der Waals surface area contributed by atoms with Crippen molar-refractivity contribution < 1.29 is 9.47 Å². The lowest BCUT2D eigenvalue weighted by atomic mass is 10.4. The molecule has 3 heteroatoms. The van der Waals surface area contributed by atoms with E-state index in [1.165, 1.54) is 0 Å². The summed E-state index contributed by atoms with van der Waals surface area (Å²) in [4.78, 5) is 0. The maximum absolute atomic E-state index is 5.67. The molecule has 1 aliphatic rings. The molecule has 0 aromatic carbocycles. The lowest BCUT2D eigenvalue weighted by Gasteiger charge is -2.15. The van der Waals surface area contributed by atoms with Crippen LogP contribution < -0.4 is 5.73 Å². The molecule has 0 radical (unpaired) electrons. The molecule has 1 fully saturated rings. The predicted molar refractivity (Wildman–Crippen MR) is 43.1 cm³/mol. The highest BCUT2D eigenvalue weighted by molar-refractivity contribution is 4.92. The fraction of sp³-hybridized carbons (Fsp3) is 1.00. The molecule has 2 N–H and O–H groups in total. The fourth-order valence-electron chi connectivity index (χ4n) is 1.17. The van der Waals surface area contributed by atoms with Crippen molar-refractivity contribution in [3.63, 3.8) is 0 Å². The van der Waals surface area contributed by atoms with Gasteiger partial charge in [-0.15, -0.1) is 0 Å². The largest absolute Gasteiger partial charge is 0.353 e. The van der Waals surface area contributed by atoms with Crippen LogP contribution in [0.5, 0.6) is 0 Å². The molecule has 1 rings (SSSR count). The highest BCUT2D eigenvalue weighted by Gasteiger charge is 2.41. The molecule has 0 aliphatic heterocycles. The highest BCUT2D eigenvalue weighted by atomic mass is 16.7. The zero-order chi connectivity index (χ0) is 8.27. The highest BCUT2D eigenvalue weighted by Crippen LogP contribution is 2.33. The fourth-order valence-corrected chi connectivity index (χ4v) is 1.17. The van der Waals surface area contributed by atoms with Crippen LogP contribution in [0.1, 0.15) is 20.3 Å². The molecule has 0 aromatic heterocycles. The zero-order valence-electron chi connectivity index (χ0n) is 7.25. The van der Waals surface area contributed by atoms with E-state index in [9.17, 15) is 0 Å². The molecule has 1 aliphatic carbocycles. The maximum Gasteiger partial charge on any atom is 0.161 e. The monoisotopic (exact) mass is 159 g/mol. The Morgan fingerprint density at radius 1 is 1.36 bits per heavy atom. The summed E-state index contributed by atoms with van der Waals surface area (Å²) in [6.07, 6.45) is 0.991. The van der Waals surface area contributed by atoms with Crippen molar-refractivity contribution in [2.75, 3.05) is 13.2 Å². The van der Waals surface area contributed by atoms with Crippen molar-refractivity contribution in [1.82, 2.24) is 0 Å². The van der Waals surface area contributed by atoms with Gasteiger partial charge in [-0.1, -0.05) is 0 Å². The first-order valence-corrected chi connectivity index (χ1v) is 4.28. The summed E-state index contributed by atoms with van der Waals surface area (Å²) in [5.74, 6) is 0.440. The Balaban J connectivity index is 2.22. The van der Waals surface area contributed by atoms with Crippen LogP contribution in [0.25, 0.3) is 0 Å². The van der Waals surface area contributed by atoms with Crippen molar-refractivity contribution in [3.05, 3.63) is 0 Å². The van der Waals surface area contributed by atoms with Crippen LogP contribution in [-0.4, -0.2) is 25.5 Å². The Hall–Kier alpha value is -0.120. The number of nitrogens with two attached hydrogens (primary N) is 1. The van der Waals surface area contributed by atoms with Gasteiger partial charge in [-0.3, -0.25) is 0 Å². The number of rotatable bonds is 5. The van der Waals surface area contributed by atoms with Gasteiger partial charge in [-0.2, -0.15) is 0 Å². The molecule has 0 bridgehead atoms. The standard InChI is InChI=1S/C8H17NO2/c1-3-10-8(11-4-2)6-5-7(6)9/h6-8H,3-5,9H2,1-2H3. The van der Waals surface area contributed by atoms with Gasteiger partial charge in [0.05, 0.1) is 0 Å². The molecule has 1 saturated carbocycles. The minimum absolute atomic E-state index is 0.0556. The Labute approximate surface area is 67.9 Å². The van der Waals surface area contributed by atoms with Crippen LogP contribution in [0.15, 0.2) is 0 Å². The Bertz CT molecular complexity index is 113. The quantitative estimate of drug-likeness (QED) is 0.601. The summed E-state index contributed by atoms with van der Waals surface area (Å²) in [5.41, 5.74) is 5.67. The van der Waals surface area contributed by atoms with Crippen molar-refractivity contribution >= 4 is 0 Å². The predicted octanol–water partition coefficient (Wildman–Crippen LogP) is 0.733. The van der Waals surface area contributed by atoms with E-state index in [0.29, 0.717) is 25.2 Å². The molecule has 66 valence electrons. The van der Waals surface area contributed by atoms with Crippen molar-refractivity contribution in [2.45, 2.75) is 32.6 Å². The van der Waals surface area contributed by atoms with Crippen molar-refractivity contribution in [2.24, 2.45) is 11.7 Å². The van der Waals surface area contributed by atoms with Crippen molar-refractivity contribution in [3.8, 4) is 0 Å². The number of ether oxygens (including phenoxy) is 2. The Morgan fingerprint density at radius 2 is 1.82 bits per heavy atom. The van der Waals surface area contributed by atoms with E-state index in [1.54, 1.807) is 0 Å². The van der Waals surface area contributed by atoms with Gasteiger partial charge in [-0.25, -0.2) is 0 Å². The van der Waals surface area contributed by atoms with Gasteiger partial charge in [0, 0.05) is 25.2 Å². The second-order valence-corrected chi connectivity index (χ2v) is 2.84. The third-order valence-electron chi connectivity index (χ3n) is 1.90. The van der Waals surface area contributed by atoms with Crippen LogP contribution >= 0.6 is 0 Å². The van der Waals surface area contributed by atoms with Crippen LogP contribution in [0.4, 0.5) is 0 Å². The normalized spacial score (nSPS) is 29.5. The number of hydrogen-bond donors (Lipinski definition) is 1. The summed E-state index contributed by atoms with van der Waals surface area (Å²) >= 11 is 0. The van der Waals surface area contributed by atoms with Gasteiger partial charge in [-0.05, 0) is 20.3 Å². The molecule has 3 nitrogen and oxygen atoms in total. The molecule has 2 unspecified atom stereocenters. The SMILES string of the molecule is CCOC(OCC)C1CC1N. The molecule has 0 spiro atoms. The summed E-state index contributed by atoms with van der Waals surface area (Å²) in [7, 11) is 0. The molecular formula is C8H17NO2. The van der Waals surface area contributed by atoms with E-state index in [0.717, 1.165) is 6.42 Å². The molecular weight excluding hydrogens is 142 g/mol. The lowest BCUT2D eigenvalue weighted by molar-refractivity contribution is -0.148. The first kappa shape index (κ1) is 8.97. The average molecular weight is 159 g/mol. The smallest absolute Gasteiger partial charge is 0.161 e. The van der Waals surface area contributed by atoms with E-state index >= 15 is 0 Å². The Kier molecular flexibility index (Phi) is 3.30. The molecule has 0 saturated heterocycles. The van der Waals surface area contributed by atoms with Crippen molar-refractivity contribution in [1.29, 1.82) is 0 Å². The van der Waals surface area contributed by atoms with Crippen LogP contribution in [-0.2, 0) is 9.47 Å². The van der Waals surface area contributed by atoms with Gasteiger partial charge in [0.1, 0.15) is 0 Å². The van der Waals surface area contributed by atoms with E-state index in [-0.39, 0.29) is 6.29 Å². The third kappa shape index (κ3) is 2.43. The zero-order valence-corrected chi connectivity index (χ0v) is 7.25. The molecule has 0 amide bonds. The third-order valence-corrected chi connectivity index (χ3v) is 1.90. The minimum Gasteiger partial charge on any atom is -0.353 e. The van der Waals surface area contributed by atoms with Gasteiger partial charge in [0.15, 0.2) is 6.29 Å². The number of hydrogen-bond acceptors (Lipinski definition) is 3. The van der Waals surface area contributed by atoms with Crippen LogP contribution in [0, 0.1) is 5.92 Å². The van der Waals surface area contributed by atoms with Crippen LogP contribution in [0.3, 0.4) is 0 Å². The summed E-state index contributed by atoms with van der Waals surface area (Å²) < 4.78 is 10.7. The molecule has 0 heterocycles. The second kappa shape index (κ2) is 4.04. The molecule has 11 heavy (non-hydrogen) atoms. The first-order valence-electron chi connectivity index (χ1n) is 4.28. The summed E-state index contributed by atoms with van der Waals surface area (Å²) in [5, 5.41) is 0. The van der Waals surface area contributed by atoms with Gasteiger partial charge < -0.3 is 15.2 Å². The van der Waals surface area contributed by atoms with E-state index in [1.807, 2.05) is 13.8 Å². The summed E-state index contributed by atoms with van der Waals surface area (Å²) in [6, 6.07) is 0.304.